The van der Waals surface area contributed by atoms with Crippen LogP contribution >= 0.6 is 0 Å². The van der Waals surface area contributed by atoms with Gasteiger partial charge in [0.2, 0.25) is 0 Å². The summed E-state index contributed by atoms with van der Waals surface area (Å²) < 4.78 is 0. The molecule has 3 nitrogen and oxygen atoms in total. The van der Waals surface area contributed by atoms with Crippen LogP contribution in [-0.2, 0) is 0 Å². The third kappa shape index (κ3) is 3.02. The van der Waals surface area contributed by atoms with Crippen LogP contribution in [0.5, 0.6) is 0 Å². The van der Waals surface area contributed by atoms with Crippen LogP contribution in [0.3, 0.4) is 0 Å². The van der Waals surface area contributed by atoms with Gasteiger partial charge in [-0.05, 0) is 0 Å². The SMILES string of the molecule is C1CC1.O=Cc1ncc[nH]1. The van der Waals surface area contributed by atoms with Gasteiger partial charge >= 0.3 is 0 Å². The molecule has 0 radical (unpaired) electrons. The number of nitrogens with one attached hydrogen (secondary N) is 1. The standard InChI is InChI=1S/C4H4N2O.C3H6/c7-3-4-5-1-2-6-4;1-2-3-1/h1-3H,(H,5,6);1-3H2. The van der Waals surface area contributed by atoms with Crippen molar-refractivity contribution in [1.29, 1.82) is 0 Å². The highest BCUT2D eigenvalue weighted by molar-refractivity contribution is 5.68. The summed E-state index contributed by atoms with van der Waals surface area (Å²) in [6.45, 7) is 0. The van der Waals surface area contributed by atoms with Gasteiger partial charge in [-0.1, -0.05) is 19.3 Å². The highest BCUT2D eigenvalue weighted by Crippen LogP contribution is 2.14. The summed E-state index contributed by atoms with van der Waals surface area (Å²) in [6.07, 6.45) is 8.30. The van der Waals surface area contributed by atoms with Gasteiger partial charge in [0, 0.05) is 12.4 Å². The van der Waals surface area contributed by atoms with Crippen molar-refractivity contribution in [3.63, 3.8) is 0 Å². The normalized spacial score (nSPS) is 13.2. The summed E-state index contributed by atoms with van der Waals surface area (Å²) in [5.74, 6) is 0.375. The lowest BCUT2D eigenvalue weighted by Crippen LogP contribution is -1.78. The molecular weight excluding hydrogens is 128 g/mol. The van der Waals surface area contributed by atoms with E-state index in [0.717, 1.165) is 0 Å². The topological polar surface area (TPSA) is 45.8 Å². The molecule has 10 heavy (non-hydrogen) atoms. The largest absolute Gasteiger partial charge is 0.342 e. The average molecular weight is 138 g/mol. The Labute approximate surface area is 59.5 Å². The molecular formula is C7H10N2O. The molecule has 1 aromatic rings. The van der Waals surface area contributed by atoms with Gasteiger partial charge < -0.3 is 4.98 Å². The zero-order valence-electron chi connectivity index (χ0n) is 5.71. The van der Waals surface area contributed by atoms with Gasteiger partial charge in [0.15, 0.2) is 12.1 Å². The van der Waals surface area contributed by atoms with Gasteiger partial charge in [0.25, 0.3) is 0 Å². The Balaban J connectivity index is 0.000000138. The molecule has 0 unspecified atom stereocenters. The maximum absolute atomic E-state index is 9.77. The molecule has 54 valence electrons. The van der Waals surface area contributed by atoms with Crippen LogP contribution in [0.2, 0.25) is 0 Å². The second kappa shape index (κ2) is 3.82. The van der Waals surface area contributed by atoms with Crippen LogP contribution in [0.25, 0.3) is 0 Å². The van der Waals surface area contributed by atoms with E-state index in [2.05, 4.69) is 9.97 Å². The Hall–Kier alpha value is -1.12. The van der Waals surface area contributed by atoms with Crippen LogP contribution in [0, 0.1) is 0 Å². The number of rotatable bonds is 1. The second-order valence-corrected chi connectivity index (χ2v) is 2.15. The Bertz CT molecular complexity index is 177. The molecule has 1 fully saturated rings. The first-order valence-corrected chi connectivity index (χ1v) is 3.38. The summed E-state index contributed by atoms with van der Waals surface area (Å²) in [5, 5.41) is 0. The van der Waals surface area contributed by atoms with Crippen LogP contribution < -0.4 is 0 Å². The molecule has 1 aromatic heterocycles. The van der Waals surface area contributed by atoms with Crippen LogP contribution in [-0.4, -0.2) is 16.3 Å². The van der Waals surface area contributed by atoms with Crippen molar-refractivity contribution in [2.45, 2.75) is 19.3 Å². The Morgan fingerprint density at radius 3 is 2.40 bits per heavy atom. The van der Waals surface area contributed by atoms with Gasteiger partial charge in [-0.25, -0.2) is 4.98 Å². The van der Waals surface area contributed by atoms with E-state index in [1.165, 1.54) is 25.5 Å². The number of hydrogen-bond donors (Lipinski definition) is 1. The van der Waals surface area contributed by atoms with Crippen LogP contribution in [0.4, 0.5) is 0 Å². The predicted octanol–water partition coefficient (Wildman–Crippen LogP) is 1.39. The molecule has 0 amide bonds. The molecule has 2 rings (SSSR count). The van der Waals surface area contributed by atoms with Crippen molar-refractivity contribution in [3.05, 3.63) is 18.2 Å². The lowest BCUT2D eigenvalue weighted by atomic mass is 10.7. The maximum Gasteiger partial charge on any atom is 0.185 e. The fourth-order valence-corrected chi connectivity index (χ4v) is 0.342. The third-order valence-corrected chi connectivity index (χ3v) is 0.985. The minimum atomic E-state index is 0.375. The number of hydrogen-bond acceptors (Lipinski definition) is 2. The smallest absolute Gasteiger partial charge is 0.185 e. The summed E-state index contributed by atoms with van der Waals surface area (Å²) >= 11 is 0. The average Bonchev–Trinajstić information content (AvgIpc) is 2.75. The van der Waals surface area contributed by atoms with Crippen LogP contribution in [0.1, 0.15) is 29.9 Å². The van der Waals surface area contributed by atoms with Crippen molar-refractivity contribution >= 4 is 6.29 Å². The van der Waals surface area contributed by atoms with E-state index in [4.69, 9.17) is 0 Å². The molecule has 1 saturated carbocycles. The number of carbonyl (C=O) groups excluding carboxylic acids is 1. The molecule has 1 aliphatic rings. The molecule has 1 aliphatic carbocycles. The molecule has 0 spiro atoms. The number of carbonyl (C=O) groups is 1. The lowest BCUT2D eigenvalue weighted by molar-refractivity contribution is 0.111. The maximum atomic E-state index is 9.77. The van der Waals surface area contributed by atoms with Gasteiger partial charge in [0.05, 0.1) is 0 Å². The first-order chi connectivity index (χ1) is 4.93. The Kier molecular flexibility index (Phi) is 2.67. The predicted molar refractivity (Wildman–Crippen MR) is 37.8 cm³/mol. The monoisotopic (exact) mass is 138 g/mol. The van der Waals surface area contributed by atoms with E-state index in [-0.39, 0.29) is 0 Å². The molecule has 0 aromatic carbocycles. The molecule has 1 N–H and O–H groups in total. The number of aromatic amines is 1. The van der Waals surface area contributed by atoms with Crippen molar-refractivity contribution in [2.75, 3.05) is 0 Å². The molecule has 0 atom stereocenters. The fraction of sp³-hybridized carbons (Fsp3) is 0.429. The molecule has 0 bridgehead atoms. The van der Waals surface area contributed by atoms with Crippen LogP contribution in [0.15, 0.2) is 12.4 Å². The highest BCUT2D eigenvalue weighted by Gasteiger charge is 1.95. The zero-order chi connectivity index (χ0) is 7.23. The Morgan fingerprint density at radius 1 is 1.50 bits per heavy atom. The minimum absolute atomic E-state index is 0.375. The van der Waals surface area contributed by atoms with E-state index in [9.17, 15) is 4.79 Å². The number of nitrogens with zero attached hydrogens (tertiary/aromatic N) is 1. The van der Waals surface area contributed by atoms with E-state index in [1.54, 1.807) is 6.20 Å². The Morgan fingerprint density at radius 2 is 2.20 bits per heavy atom. The first-order valence-electron chi connectivity index (χ1n) is 3.38. The van der Waals surface area contributed by atoms with Gasteiger partial charge in [-0.15, -0.1) is 0 Å². The molecule has 3 heteroatoms. The minimum Gasteiger partial charge on any atom is -0.342 e. The fourth-order valence-electron chi connectivity index (χ4n) is 0.342. The second-order valence-electron chi connectivity index (χ2n) is 2.15. The van der Waals surface area contributed by atoms with E-state index < -0.39 is 0 Å². The van der Waals surface area contributed by atoms with Crippen molar-refractivity contribution < 1.29 is 4.79 Å². The lowest BCUT2D eigenvalue weighted by Gasteiger charge is -1.68. The highest BCUT2D eigenvalue weighted by atomic mass is 16.1. The number of imidazole rings is 1. The van der Waals surface area contributed by atoms with Gasteiger partial charge in [0.1, 0.15) is 0 Å². The van der Waals surface area contributed by atoms with Crippen molar-refractivity contribution in [2.24, 2.45) is 0 Å². The van der Waals surface area contributed by atoms with E-state index in [1.807, 2.05) is 0 Å². The quantitative estimate of drug-likeness (QED) is 0.596. The summed E-state index contributed by atoms with van der Waals surface area (Å²) in [7, 11) is 0. The number of aromatic nitrogens is 2. The van der Waals surface area contributed by atoms with Gasteiger partial charge in [-0.3, -0.25) is 4.79 Å². The number of H-pyrrole nitrogens is 1. The first kappa shape index (κ1) is 6.99. The summed E-state index contributed by atoms with van der Waals surface area (Å²) in [4.78, 5) is 16.0. The third-order valence-electron chi connectivity index (χ3n) is 0.985. The van der Waals surface area contributed by atoms with Crippen molar-refractivity contribution in [1.82, 2.24) is 9.97 Å². The van der Waals surface area contributed by atoms with Gasteiger partial charge in [-0.2, -0.15) is 0 Å². The van der Waals surface area contributed by atoms with Crippen molar-refractivity contribution in [3.8, 4) is 0 Å². The van der Waals surface area contributed by atoms with E-state index in [0.29, 0.717) is 12.1 Å². The van der Waals surface area contributed by atoms with E-state index >= 15 is 0 Å². The zero-order valence-corrected chi connectivity index (χ0v) is 5.71. The molecule has 0 aliphatic heterocycles. The molecule has 0 saturated heterocycles. The number of aldehydes is 1. The summed E-state index contributed by atoms with van der Waals surface area (Å²) in [5.41, 5.74) is 0. The molecule has 1 heterocycles. The summed E-state index contributed by atoms with van der Waals surface area (Å²) in [6, 6.07) is 0.